The van der Waals surface area contributed by atoms with E-state index >= 15 is 0 Å². The van der Waals surface area contributed by atoms with Crippen LogP contribution in [0, 0.1) is 5.92 Å². The Kier molecular flexibility index (Phi) is 7.92. The molecular formula is C14H19FeN-2. The van der Waals surface area contributed by atoms with E-state index in [1.165, 1.54) is 5.56 Å². The molecule has 0 amide bonds. The summed E-state index contributed by atoms with van der Waals surface area (Å²) in [6.45, 7) is 4.27. The van der Waals surface area contributed by atoms with Crippen LogP contribution in [0.4, 0.5) is 0 Å². The molecule has 0 radical (unpaired) electrons. The third-order valence-corrected chi connectivity index (χ3v) is 2.35. The summed E-state index contributed by atoms with van der Waals surface area (Å²) in [6, 6.07) is 18.4. The van der Waals surface area contributed by atoms with Crippen LogP contribution in [0.15, 0.2) is 54.6 Å². The van der Waals surface area contributed by atoms with Crippen molar-refractivity contribution in [2.24, 2.45) is 11.7 Å². The van der Waals surface area contributed by atoms with E-state index in [-0.39, 0.29) is 23.1 Å². The fourth-order valence-corrected chi connectivity index (χ4v) is 1.32. The summed E-state index contributed by atoms with van der Waals surface area (Å²) in [5.74, 6) is 0.530. The Morgan fingerprint density at radius 3 is 1.81 bits per heavy atom. The quantitative estimate of drug-likeness (QED) is 0.647. The van der Waals surface area contributed by atoms with Crippen molar-refractivity contribution in [3.63, 3.8) is 0 Å². The van der Waals surface area contributed by atoms with Gasteiger partial charge in [0.1, 0.15) is 0 Å². The standard InChI is InChI=1S/C9H14N.C5H5.Fe/c1-7(2)9(10)8-5-3-4-6-8;1-2-4-5-3-1;/h3-7,9H,10H2,1-2H3;1-5H;/q2*-1;. The van der Waals surface area contributed by atoms with Crippen LogP contribution in [0.25, 0.3) is 0 Å². The van der Waals surface area contributed by atoms with Crippen molar-refractivity contribution in [1.29, 1.82) is 0 Å². The van der Waals surface area contributed by atoms with Gasteiger partial charge in [0.25, 0.3) is 0 Å². The minimum Gasteiger partial charge on any atom is -0.334 e. The predicted molar refractivity (Wildman–Crippen MR) is 65.8 cm³/mol. The van der Waals surface area contributed by atoms with Crippen molar-refractivity contribution in [3.8, 4) is 0 Å². The SMILES string of the molecule is CC(C)C(N)[c-]1cccc1.[Fe].c1cc[cH-]c1. The molecule has 0 aromatic heterocycles. The molecule has 2 aromatic rings. The topological polar surface area (TPSA) is 26.0 Å². The van der Waals surface area contributed by atoms with Gasteiger partial charge in [0.15, 0.2) is 0 Å². The molecule has 2 heteroatoms. The zero-order valence-electron chi connectivity index (χ0n) is 9.78. The van der Waals surface area contributed by atoms with Crippen molar-refractivity contribution in [1.82, 2.24) is 0 Å². The first kappa shape index (κ1) is 15.2. The minimum absolute atomic E-state index is 0. The smallest absolute Gasteiger partial charge is 0 e. The van der Waals surface area contributed by atoms with Gasteiger partial charge in [-0.05, 0) is 12.0 Å². The second kappa shape index (κ2) is 8.35. The Hall–Kier alpha value is -0.821. The zero-order chi connectivity index (χ0) is 11.1. The van der Waals surface area contributed by atoms with Gasteiger partial charge < -0.3 is 5.73 Å². The van der Waals surface area contributed by atoms with Gasteiger partial charge in [0, 0.05) is 17.1 Å². The van der Waals surface area contributed by atoms with Crippen LogP contribution in [0.3, 0.4) is 0 Å². The molecule has 0 heterocycles. The molecule has 0 saturated carbocycles. The first-order valence-electron chi connectivity index (χ1n) is 5.35. The first-order valence-corrected chi connectivity index (χ1v) is 5.35. The normalized spacial score (nSPS) is 11.2. The number of nitrogens with two attached hydrogens (primary N) is 1. The van der Waals surface area contributed by atoms with Crippen LogP contribution in [0.5, 0.6) is 0 Å². The Bertz CT molecular complexity index is 304. The maximum atomic E-state index is 5.88. The minimum atomic E-state index is 0. The second-order valence-electron chi connectivity index (χ2n) is 3.95. The Labute approximate surface area is 109 Å². The zero-order valence-corrected chi connectivity index (χ0v) is 10.9. The van der Waals surface area contributed by atoms with E-state index in [1.54, 1.807) is 0 Å². The van der Waals surface area contributed by atoms with Crippen molar-refractivity contribution in [2.75, 3.05) is 0 Å². The molecule has 0 aliphatic heterocycles. The maximum Gasteiger partial charge on any atom is 0 e. The van der Waals surface area contributed by atoms with E-state index in [0.29, 0.717) is 5.92 Å². The summed E-state index contributed by atoms with van der Waals surface area (Å²) < 4.78 is 0. The molecule has 1 nitrogen and oxygen atoms in total. The molecule has 0 fully saturated rings. The fourth-order valence-electron chi connectivity index (χ4n) is 1.32. The van der Waals surface area contributed by atoms with E-state index in [2.05, 4.69) is 26.0 Å². The van der Waals surface area contributed by atoms with Crippen LogP contribution in [0.2, 0.25) is 0 Å². The average molecular weight is 257 g/mol. The number of hydrogen-bond acceptors (Lipinski definition) is 1. The van der Waals surface area contributed by atoms with Crippen molar-refractivity contribution < 1.29 is 17.1 Å². The largest absolute Gasteiger partial charge is 0.334 e. The summed E-state index contributed by atoms with van der Waals surface area (Å²) in [4.78, 5) is 0. The van der Waals surface area contributed by atoms with Crippen LogP contribution >= 0.6 is 0 Å². The Balaban J connectivity index is 0.000000318. The summed E-state index contributed by atoms with van der Waals surface area (Å²) in [5.41, 5.74) is 7.13. The summed E-state index contributed by atoms with van der Waals surface area (Å²) in [7, 11) is 0. The summed E-state index contributed by atoms with van der Waals surface area (Å²) >= 11 is 0. The van der Waals surface area contributed by atoms with E-state index in [4.69, 9.17) is 5.73 Å². The molecule has 90 valence electrons. The molecule has 16 heavy (non-hydrogen) atoms. The predicted octanol–water partition coefficient (Wildman–Crippen LogP) is 3.46. The number of hydrogen-bond donors (Lipinski definition) is 1. The van der Waals surface area contributed by atoms with Crippen molar-refractivity contribution >= 4 is 0 Å². The fraction of sp³-hybridized carbons (Fsp3) is 0.286. The molecule has 0 aliphatic carbocycles. The molecule has 0 saturated heterocycles. The van der Waals surface area contributed by atoms with Gasteiger partial charge in [-0.15, -0.1) is 5.56 Å². The van der Waals surface area contributed by atoms with E-state index in [1.807, 2.05) is 42.5 Å². The van der Waals surface area contributed by atoms with Gasteiger partial charge in [0.2, 0.25) is 0 Å². The van der Waals surface area contributed by atoms with E-state index in [0.717, 1.165) is 0 Å². The van der Waals surface area contributed by atoms with Crippen LogP contribution in [-0.2, 0) is 17.1 Å². The summed E-state index contributed by atoms with van der Waals surface area (Å²) in [6.07, 6.45) is 0. The molecule has 1 atom stereocenters. The molecule has 2 aromatic carbocycles. The Morgan fingerprint density at radius 1 is 1.00 bits per heavy atom. The maximum absolute atomic E-state index is 5.88. The molecule has 1 unspecified atom stereocenters. The van der Waals surface area contributed by atoms with Crippen molar-refractivity contribution in [3.05, 3.63) is 60.2 Å². The third kappa shape index (κ3) is 5.31. The van der Waals surface area contributed by atoms with E-state index in [9.17, 15) is 0 Å². The van der Waals surface area contributed by atoms with Crippen LogP contribution in [0.1, 0.15) is 25.5 Å². The molecule has 0 spiro atoms. The van der Waals surface area contributed by atoms with Gasteiger partial charge in [0.05, 0.1) is 0 Å². The van der Waals surface area contributed by atoms with E-state index < -0.39 is 0 Å². The third-order valence-electron chi connectivity index (χ3n) is 2.35. The Morgan fingerprint density at radius 2 is 1.50 bits per heavy atom. The van der Waals surface area contributed by atoms with Crippen LogP contribution in [-0.4, -0.2) is 0 Å². The average Bonchev–Trinajstić information content (AvgIpc) is 2.92. The second-order valence-corrected chi connectivity index (χ2v) is 3.95. The molecule has 0 bridgehead atoms. The summed E-state index contributed by atoms with van der Waals surface area (Å²) in [5, 5.41) is 0. The molecule has 0 aliphatic rings. The number of rotatable bonds is 2. The molecular weight excluding hydrogens is 238 g/mol. The monoisotopic (exact) mass is 257 g/mol. The van der Waals surface area contributed by atoms with Crippen molar-refractivity contribution in [2.45, 2.75) is 19.9 Å². The van der Waals surface area contributed by atoms with Gasteiger partial charge in [-0.3, -0.25) is 0 Å². The van der Waals surface area contributed by atoms with Gasteiger partial charge in [-0.2, -0.15) is 30.3 Å². The van der Waals surface area contributed by atoms with Crippen LogP contribution < -0.4 is 5.73 Å². The molecule has 2 rings (SSSR count). The first-order chi connectivity index (χ1) is 7.22. The van der Waals surface area contributed by atoms with Gasteiger partial charge >= 0.3 is 0 Å². The van der Waals surface area contributed by atoms with Gasteiger partial charge in [-0.1, -0.05) is 13.8 Å². The van der Waals surface area contributed by atoms with Gasteiger partial charge in [-0.25, -0.2) is 24.3 Å². The molecule has 2 N–H and O–H groups in total.